The van der Waals surface area contributed by atoms with Crippen molar-refractivity contribution in [3.8, 4) is 0 Å². The number of aromatic nitrogens is 3. The highest BCUT2D eigenvalue weighted by Gasteiger charge is 2.21. The van der Waals surface area contributed by atoms with Crippen LogP contribution in [0.15, 0.2) is 65.8 Å². The highest BCUT2D eigenvalue weighted by Crippen LogP contribution is 2.34. The van der Waals surface area contributed by atoms with Gasteiger partial charge in [-0.2, -0.15) is 4.98 Å². The van der Waals surface area contributed by atoms with Crippen LogP contribution in [0.1, 0.15) is 25.0 Å². The maximum atomic E-state index is 9.74. The lowest BCUT2D eigenvalue weighted by molar-refractivity contribution is 0.234. The largest absolute Gasteiger partial charge is 0.394 e. The molecule has 3 N–H and O–H groups in total. The fourth-order valence-corrected chi connectivity index (χ4v) is 4.74. The molecule has 4 aromatic rings. The number of hydrogen-bond acceptors (Lipinski definition) is 8. The third-order valence-electron chi connectivity index (χ3n) is 4.83. The summed E-state index contributed by atoms with van der Waals surface area (Å²) in [5.74, 6) is 1.49. The van der Waals surface area contributed by atoms with Gasteiger partial charge in [-0.1, -0.05) is 83.8 Å². The van der Waals surface area contributed by atoms with E-state index in [4.69, 9.17) is 15.0 Å². The maximum Gasteiger partial charge on any atom is 0.191 e. The molecule has 6 nitrogen and oxygen atoms in total. The maximum absolute atomic E-state index is 9.74. The van der Waals surface area contributed by atoms with Crippen molar-refractivity contribution in [2.45, 2.75) is 36.7 Å². The van der Waals surface area contributed by atoms with E-state index in [0.717, 1.165) is 28.5 Å². The van der Waals surface area contributed by atoms with Crippen LogP contribution in [0.25, 0.3) is 10.3 Å². The van der Waals surface area contributed by atoms with Crippen molar-refractivity contribution >= 4 is 44.4 Å². The van der Waals surface area contributed by atoms with Gasteiger partial charge in [0.15, 0.2) is 21.8 Å². The average Bonchev–Trinajstić information content (AvgIpc) is 3.22. The van der Waals surface area contributed by atoms with Crippen molar-refractivity contribution in [3.05, 3.63) is 71.8 Å². The van der Waals surface area contributed by atoms with Crippen molar-refractivity contribution in [1.82, 2.24) is 15.0 Å². The summed E-state index contributed by atoms with van der Waals surface area (Å²) in [4.78, 5) is 14.2. The van der Waals surface area contributed by atoms with E-state index in [1.807, 2.05) is 38.1 Å². The van der Waals surface area contributed by atoms with Crippen LogP contribution in [-0.2, 0) is 12.2 Å². The Balaban J connectivity index is 1.55. The molecule has 2 aromatic heterocycles. The predicted octanol–water partition coefficient (Wildman–Crippen LogP) is 5.22. The molecule has 2 aromatic carbocycles. The lowest BCUT2D eigenvalue weighted by Gasteiger charge is -2.24. The monoisotopic (exact) mass is 465 g/mol. The average molecular weight is 466 g/mol. The number of aliphatic hydroxyl groups excluding tert-OH is 1. The van der Waals surface area contributed by atoms with Crippen LogP contribution in [0.3, 0.4) is 0 Å². The normalized spacial score (nSPS) is 11.6. The van der Waals surface area contributed by atoms with Gasteiger partial charge in [0.2, 0.25) is 0 Å². The highest BCUT2D eigenvalue weighted by atomic mass is 32.2. The Kier molecular flexibility index (Phi) is 7.24. The van der Waals surface area contributed by atoms with E-state index in [2.05, 4.69) is 47.0 Å². The van der Waals surface area contributed by atoms with Crippen molar-refractivity contribution in [2.75, 3.05) is 23.8 Å². The number of hydrogen-bond donors (Lipinski definition) is 3. The highest BCUT2D eigenvalue weighted by molar-refractivity contribution is 7.98. The first-order valence-corrected chi connectivity index (χ1v) is 12.3. The van der Waals surface area contributed by atoms with E-state index >= 15 is 0 Å². The van der Waals surface area contributed by atoms with E-state index in [0.29, 0.717) is 16.6 Å². The first-order valence-electron chi connectivity index (χ1n) is 10.5. The Hall–Kier alpha value is -2.68. The summed E-state index contributed by atoms with van der Waals surface area (Å²) in [6.45, 7) is 4.67. The molecular formula is C24H27N5OS2. The zero-order chi connectivity index (χ0) is 22.4. The van der Waals surface area contributed by atoms with Gasteiger partial charge in [0.05, 0.1) is 12.1 Å². The molecule has 0 aliphatic heterocycles. The Labute approximate surface area is 196 Å². The second kappa shape index (κ2) is 10.3. The molecule has 0 bridgehead atoms. The molecule has 0 fully saturated rings. The van der Waals surface area contributed by atoms with Gasteiger partial charge in [0.1, 0.15) is 4.70 Å². The first kappa shape index (κ1) is 22.5. The van der Waals surface area contributed by atoms with Gasteiger partial charge in [0, 0.05) is 12.3 Å². The standard InChI is InChI=1S/C24H27N5OS2/c1-24(2,16-30)29-21-19-20(27-23(28-21)31-15-18-11-7-4-8-12-18)26-22(32-19)25-14-13-17-9-5-3-6-10-17/h3-12,30H,13-16H2,1-2H3,(H2,25,26,27,28,29). The van der Waals surface area contributed by atoms with Gasteiger partial charge in [-0.15, -0.1) is 0 Å². The van der Waals surface area contributed by atoms with E-state index in [9.17, 15) is 5.11 Å². The van der Waals surface area contributed by atoms with Gasteiger partial charge in [-0.3, -0.25) is 0 Å². The molecule has 0 amide bonds. The fraction of sp³-hybridized carbons (Fsp3) is 0.292. The molecule has 0 aliphatic carbocycles. The summed E-state index contributed by atoms with van der Waals surface area (Å²) in [5, 5.41) is 18.0. The minimum atomic E-state index is -0.506. The summed E-state index contributed by atoms with van der Waals surface area (Å²) in [6.07, 6.45) is 0.920. The molecule has 0 atom stereocenters. The van der Waals surface area contributed by atoms with Gasteiger partial charge in [0.25, 0.3) is 0 Å². The summed E-state index contributed by atoms with van der Waals surface area (Å²) in [6, 6.07) is 20.7. The smallest absolute Gasteiger partial charge is 0.191 e. The summed E-state index contributed by atoms with van der Waals surface area (Å²) in [5.41, 5.74) is 2.66. The first-order chi connectivity index (χ1) is 15.5. The minimum absolute atomic E-state index is 0.00796. The topological polar surface area (TPSA) is 83.0 Å². The number of benzene rings is 2. The molecule has 0 saturated carbocycles. The Bertz CT molecular complexity index is 1150. The van der Waals surface area contributed by atoms with Crippen molar-refractivity contribution in [2.24, 2.45) is 0 Å². The van der Waals surface area contributed by atoms with Crippen LogP contribution >= 0.6 is 23.1 Å². The Morgan fingerprint density at radius 2 is 1.62 bits per heavy atom. The predicted molar refractivity (Wildman–Crippen MR) is 135 cm³/mol. The second-order valence-electron chi connectivity index (χ2n) is 8.13. The van der Waals surface area contributed by atoms with Gasteiger partial charge < -0.3 is 15.7 Å². The number of aliphatic hydroxyl groups is 1. The third kappa shape index (κ3) is 5.97. The number of nitrogens with one attached hydrogen (secondary N) is 2. The zero-order valence-electron chi connectivity index (χ0n) is 18.2. The molecule has 0 unspecified atom stereocenters. The van der Waals surface area contributed by atoms with Crippen LogP contribution in [0.5, 0.6) is 0 Å². The molecule has 2 heterocycles. The Morgan fingerprint density at radius 3 is 2.31 bits per heavy atom. The van der Waals surface area contributed by atoms with Gasteiger partial charge >= 0.3 is 0 Å². The third-order valence-corrected chi connectivity index (χ3v) is 6.76. The van der Waals surface area contributed by atoms with Crippen LogP contribution in [0, 0.1) is 0 Å². The molecule has 166 valence electrons. The van der Waals surface area contributed by atoms with E-state index in [-0.39, 0.29) is 6.61 Å². The lowest BCUT2D eigenvalue weighted by atomic mass is 10.1. The van der Waals surface area contributed by atoms with E-state index in [1.54, 1.807) is 11.8 Å². The second-order valence-corrected chi connectivity index (χ2v) is 10.1. The zero-order valence-corrected chi connectivity index (χ0v) is 19.8. The molecule has 8 heteroatoms. The molecular weight excluding hydrogens is 438 g/mol. The van der Waals surface area contributed by atoms with Gasteiger partial charge in [-0.05, 0) is 31.4 Å². The molecule has 0 spiro atoms. The van der Waals surface area contributed by atoms with Crippen molar-refractivity contribution in [1.29, 1.82) is 0 Å². The molecule has 32 heavy (non-hydrogen) atoms. The quantitative estimate of drug-likeness (QED) is 0.219. The van der Waals surface area contributed by atoms with Crippen LogP contribution in [-0.4, -0.2) is 38.7 Å². The summed E-state index contributed by atoms with van der Waals surface area (Å²) < 4.78 is 0.887. The number of thiazole rings is 1. The van der Waals surface area contributed by atoms with Crippen molar-refractivity contribution < 1.29 is 5.11 Å². The van der Waals surface area contributed by atoms with E-state index < -0.39 is 5.54 Å². The Morgan fingerprint density at radius 1 is 0.938 bits per heavy atom. The van der Waals surface area contributed by atoms with E-state index in [1.165, 1.54) is 22.5 Å². The number of rotatable bonds is 10. The molecule has 0 aliphatic rings. The summed E-state index contributed by atoms with van der Waals surface area (Å²) in [7, 11) is 0. The number of fused-ring (bicyclic) bond motifs is 1. The van der Waals surface area contributed by atoms with Gasteiger partial charge in [-0.25, -0.2) is 9.97 Å². The minimum Gasteiger partial charge on any atom is -0.394 e. The van der Waals surface area contributed by atoms with Crippen LogP contribution < -0.4 is 10.6 Å². The number of nitrogens with zero attached hydrogens (tertiary/aromatic N) is 3. The lowest BCUT2D eigenvalue weighted by Crippen LogP contribution is -2.35. The molecule has 0 saturated heterocycles. The fourth-order valence-electron chi connectivity index (χ4n) is 3.07. The van der Waals surface area contributed by atoms with Crippen LogP contribution in [0.2, 0.25) is 0 Å². The molecule has 0 radical (unpaired) electrons. The summed E-state index contributed by atoms with van der Waals surface area (Å²) >= 11 is 3.11. The van der Waals surface area contributed by atoms with Crippen molar-refractivity contribution in [3.63, 3.8) is 0 Å². The van der Waals surface area contributed by atoms with Crippen LogP contribution in [0.4, 0.5) is 10.9 Å². The SMILES string of the molecule is CC(C)(CO)Nc1nc(SCc2ccccc2)nc2nc(NCCc3ccccc3)sc12. The number of thioether (sulfide) groups is 1. The molecule has 4 rings (SSSR count). The number of anilines is 2.